The average molecular weight is 195 g/mol. The van der Waals surface area contributed by atoms with E-state index in [1.165, 1.54) is 25.7 Å². The van der Waals surface area contributed by atoms with E-state index < -0.39 is 0 Å². The molecule has 2 saturated heterocycles. The Labute approximate surface area is 85.8 Å². The van der Waals surface area contributed by atoms with E-state index in [0.717, 1.165) is 26.1 Å². The summed E-state index contributed by atoms with van der Waals surface area (Å²) < 4.78 is 0. The van der Waals surface area contributed by atoms with E-state index in [-0.39, 0.29) is 0 Å². The lowest BCUT2D eigenvalue weighted by molar-refractivity contribution is -0.130. The van der Waals surface area contributed by atoms with Gasteiger partial charge in [0, 0.05) is 32.1 Å². The highest BCUT2D eigenvalue weighted by Crippen LogP contribution is 2.15. The van der Waals surface area contributed by atoms with E-state index in [9.17, 15) is 4.79 Å². The smallest absolute Gasteiger partial charge is 0.222 e. The first-order valence-corrected chi connectivity index (χ1v) is 5.80. The molecule has 79 valence electrons. The zero-order chi connectivity index (χ0) is 9.80. The van der Waals surface area contributed by atoms with Gasteiger partial charge in [-0.1, -0.05) is 0 Å². The third-order valence-electron chi connectivity index (χ3n) is 3.23. The van der Waals surface area contributed by atoms with Crippen molar-refractivity contribution in [2.75, 3.05) is 19.6 Å². The van der Waals surface area contributed by atoms with Gasteiger partial charge in [0.25, 0.3) is 0 Å². The molecule has 0 aliphatic carbocycles. The number of likely N-dealkylation sites (tertiary alicyclic amines) is 1. The van der Waals surface area contributed by atoms with Crippen molar-refractivity contribution >= 4 is 5.91 Å². The minimum atomic E-state index is 0.351. The summed E-state index contributed by atoms with van der Waals surface area (Å²) in [4.78, 5) is 13.7. The first-order valence-electron chi connectivity index (χ1n) is 5.80. The molecular formula is C11H19N2O. The Hall–Kier alpha value is -0.570. The Kier molecular flexibility index (Phi) is 3.40. The molecule has 0 aromatic heterocycles. The van der Waals surface area contributed by atoms with Crippen molar-refractivity contribution in [3.63, 3.8) is 0 Å². The van der Waals surface area contributed by atoms with E-state index >= 15 is 0 Å². The summed E-state index contributed by atoms with van der Waals surface area (Å²) in [6, 6.07) is 0.488. The van der Waals surface area contributed by atoms with Gasteiger partial charge in [-0.2, -0.15) is 0 Å². The number of nitrogens with zero attached hydrogens (tertiary/aromatic N) is 2. The maximum Gasteiger partial charge on any atom is 0.222 e. The summed E-state index contributed by atoms with van der Waals surface area (Å²) >= 11 is 0. The highest BCUT2D eigenvalue weighted by atomic mass is 16.2. The molecule has 0 N–H and O–H groups in total. The highest BCUT2D eigenvalue weighted by Gasteiger charge is 2.21. The molecular weight excluding hydrogens is 176 g/mol. The predicted octanol–water partition coefficient (Wildman–Crippen LogP) is 1.16. The molecule has 3 heteroatoms. The molecule has 1 amide bonds. The summed E-state index contributed by atoms with van der Waals surface area (Å²) in [6.45, 7) is 2.99. The molecule has 0 aromatic rings. The van der Waals surface area contributed by atoms with E-state index in [0.29, 0.717) is 18.4 Å². The zero-order valence-electron chi connectivity index (χ0n) is 8.74. The van der Waals surface area contributed by atoms with Crippen LogP contribution in [0.15, 0.2) is 0 Å². The van der Waals surface area contributed by atoms with Crippen LogP contribution in [-0.4, -0.2) is 36.5 Å². The van der Waals surface area contributed by atoms with Gasteiger partial charge in [-0.25, -0.2) is 5.32 Å². The van der Waals surface area contributed by atoms with Crippen LogP contribution in [0.4, 0.5) is 0 Å². The topological polar surface area (TPSA) is 34.4 Å². The monoisotopic (exact) mass is 195 g/mol. The standard InChI is InChI=1S/C11H19N2O/c14-11(13-8-1-2-9-13)6-5-10-4-3-7-12-10/h10H,1-9H2. The van der Waals surface area contributed by atoms with Gasteiger partial charge in [-0.3, -0.25) is 4.79 Å². The summed E-state index contributed by atoms with van der Waals surface area (Å²) in [5.74, 6) is 0.351. The molecule has 0 aromatic carbocycles. The minimum absolute atomic E-state index is 0.351. The Morgan fingerprint density at radius 3 is 2.71 bits per heavy atom. The molecule has 2 aliphatic heterocycles. The lowest BCUT2D eigenvalue weighted by atomic mass is 10.1. The maximum absolute atomic E-state index is 11.7. The van der Waals surface area contributed by atoms with Crippen molar-refractivity contribution < 1.29 is 4.79 Å². The Bertz CT molecular complexity index is 193. The second kappa shape index (κ2) is 4.78. The third kappa shape index (κ3) is 2.47. The largest absolute Gasteiger partial charge is 0.343 e. The number of hydrogen-bond donors (Lipinski definition) is 0. The van der Waals surface area contributed by atoms with E-state index in [2.05, 4.69) is 5.32 Å². The quantitative estimate of drug-likeness (QED) is 0.665. The van der Waals surface area contributed by atoms with Crippen LogP contribution in [-0.2, 0) is 4.79 Å². The van der Waals surface area contributed by atoms with Crippen LogP contribution in [0.3, 0.4) is 0 Å². The van der Waals surface area contributed by atoms with Crippen LogP contribution < -0.4 is 5.32 Å². The normalized spacial score (nSPS) is 27.1. The van der Waals surface area contributed by atoms with Crippen LogP contribution in [0.5, 0.6) is 0 Å². The molecule has 14 heavy (non-hydrogen) atoms. The van der Waals surface area contributed by atoms with Crippen molar-refractivity contribution in [2.24, 2.45) is 0 Å². The Morgan fingerprint density at radius 1 is 1.29 bits per heavy atom. The number of carbonyl (C=O) groups is 1. The van der Waals surface area contributed by atoms with Gasteiger partial charge < -0.3 is 4.90 Å². The summed E-state index contributed by atoms with van der Waals surface area (Å²) in [5.41, 5.74) is 0. The highest BCUT2D eigenvalue weighted by molar-refractivity contribution is 5.76. The molecule has 1 atom stereocenters. The van der Waals surface area contributed by atoms with Crippen LogP contribution >= 0.6 is 0 Å². The molecule has 0 bridgehead atoms. The van der Waals surface area contributed by atoms with Gasteiger partial charge >= 0.3 is 0 Å². The van der Waals surface area contributed by atoms with Crippen LogP contribution in [0.25, 0.3) is 0 Å². The molecule has 2 heterocycles. The second-order valence-electron chi connectivity index (χ2n) is 4.33. The Balaban J connectivity index is 1.66. The number of carbonyl (C=O) groups excluding carboxylic acids is 1. The molecule has 3 nitrogen and oxygen atoms in total. The van der Waals surface area contributed by atoms with Gasteiger partial charge in [0.05, 0.1) is 0 Å². The van der Waals surface area contributed by atoms with Crippen LogP contribution in [0, 0.1) is 0 Å². The fourth-order valence-electron chi connectivity index (χ4n) is 2.34. The van der Waals surface area contributed by atoms with Crippen molar-refractivity contribution in [1.82, 2.24) is 10.2 Å². The lowest BCUT2D eigenvalue weighted by Crippen LogP contribution is -2.28. The van der Waals surface area contributed by atoms with Gasteiger partial charge in [0.1, 0.15) is 0 Å². The average Bonchev–Trinajstić information content (AvgIpc) is 2.87. The fraction of sp³-hybridized carbons (Fsp3) is 0.909. The Morgan fingerprint density at radius 2 is 2.07 bits per heavy atom. The molecule has 2 fully saturated rings. The maximum atomic E-state index is 11.7. The molecule has 2 aliphatic rings. The summed E-state index contributed by atoms with van der Waals surface area (Å²) in [6.07, 6.45) is 6.51. The minimum Gasteiger partial charge on any atom is -0.343 e. The number of hydrogen-bond acceptors (Lipinski definition) is 1. The van der Waals surface area contributed by atoms with Crippen molar-refractivity contribution in [1.29, 1.82) is 0 Å². The van der Waals surface area contributed by atoms with Gasteiger partial charge in [0.15, 0.2) is 0 Å². The second-order valence-corrected chi connectivity index (χ2v) is 4.33. The molecule has 0 spiro atoms. The van der Waals surface area contributed by atoms with Crippen molar-refractivity contribution in [2.45, 2.75) is 44.6 Å². The first-order chi connectivity index (χ1) is 6.86. The van der Waals surface area contributed by atoms with E-state index in [1.807, 2.05) is 4.90 Å². The van der Waals surface area contributed by atoms with Crippen molar-refractivity contribution in [3.05, 3.63) is 0 Å². The van der Waals surface area contributed by atoms with E-state index in [4.69, 9.17) is 0 Å². The molecule has 1 unspecified atom stereocenters. The molecule has 1 radical (unpaired) electrons. The zero-order valence-corrected chi connectivity index (χ0v) is 8.74. The lowest BCUT2D eigenvalue weighted by Gasteiger charge is -2.16. The van der Waals surface area contributed by atoms with Gasteiger partial charge in [0.2, 0.25) is 5.91 Å². The summed E-state index contributed by atoms with van der Waals surface area (Å²) in [7, 11) is 0. The van der Waals surface area contributed by atoms with Crippen molar-refractivity contribution in [3.8, 4) is 0 Å². The fourth-order valence-corrected chi connectivity index (χ4v) is 2.34. The number of amides is 1. The van der Waals surface area contributed by atoms with Gasteiger partial charge in [-0.05, 0) is 32.1 Å². The molecule has 2 rings (SSSR count). The van der Waals surface area contributed by atoms with E-state index in [1.54, 1.807) is 0 Å². The van der Waals surface area contributed by atoms with Crippen LogP contribution in [0.2, 0.25) is 0 Å². The number of rotatable bonds is 3. The van der Waals surface area contributed by atoms with Gasteiger partial charge in [-0.15, -0.1) is 0 Å². The SMILES string of the molecule is O=C(CCC1CCC[N]1)N1CCCC1. The molecule has 0 saturated carbocycles. The summed E-state index contributed by atoms with van der Waals surface area (Å²) in [5, 5.41) is 4.46. The predicted molar refractivity (Wildman–Crippen MR) is 55.1 cm³/mol. The third-order valence-corrected chi connectivity index (χ3v) is 3.23. The first kappa shape index (κ1) is 9.97. The van der Waals surface area contributed by atoms with Crippen LogP contribution in [0.1, 0.15) is 38.5 Å².